The van der Waals surface area contributed by atoms with Gasteiger partial charge in [-0.25, -0.2) is 9.07 Å². The van der Waals surface area contributed by atoms with Crippen molar-refractivity contribution < 1.29 is 27.1 Å². The molecule has 178 valence electrons. The van der Waals surface area contributed by atoms with Gasteiger partial charge in [0.15, 0.2) is 23.0 Å². The summed E-state index contributed by atoms with van der Waals surface area (Å²) in [4.78, 5) is 16.7. The van der Waals surface area contributed by atoms with Crippen molar-refractivity contribution in [3.63, 3.8) is 0 Å². The van der Waals surface area contributed by atoms with Crippen molar-refractivity contribution in [3.05, 3.63) is 102 Å². The summed E-state index contributed by atoms with van der Waals surface area (Å²) in [5.74, 6) is -1.91. The van der Waals surface area contributed by atoms with Crippen LogP contribution in [0.3, 0.4) is 0 Å². The van der Waals surface area contributed by atoms with E-state index < -0.39 is 29.2 Å². The number of nitrogens with two attached hydrogens (primary N) is 1. The van der Waals surface area contributed by atoms with Crippen LogP contribution in [0.5, 0.6) is 11.5 Å². The number of ether oxygens (including phenoxy) is 1. The minimum absolute atomic E-state index is 0.0753. The van der Waals surface area contributed by atoms with E-state index in [4.69, 9.17) is 10.5 Å². The lowest BCUT2D eigenvalue weighted by Crippen LogP contribution is -2.20. The number of anilines is 1. The number of para-hydroxylation sites is 1. The second kappa shape index (κ2) is 9.67. The van der Waals surface area contributed by atoms with Crippen molar-refractivity contribution in [2.45, 2.75) is 6.18 Å². The highest BCUT2D eigenvalue weighted by Gasteiger charge is 2.40. The lowest BCUT2D eigenvalue weighted by molar-refractivity contribution is -0.143. The molecule has 2 heterocycles. The molecule has 0 aliphatic heterocycles. The molecule has 0 unspecified atom stereocenters. The number of carbonyl (C=O) groups excluding carboxylic acids is 1. The number of aromatic nitrogens is 3. The van der Waals surface area contributed by atoms with Gasteiger partial charge in [-0.3, -0.25) is 9.78 Å². The molecule has 7 nitrogen and oxygen atoms in total. The fourth-order valence-electron chi connectivity index (χ4n) is 3.24. The van der Waals surface area contributed by atoms with E-state index in [9.17, 15) is 22.4 Å². The largest absolute Gasteiger partial charge is 0.452 e. The summed E-state index contributed by atoms with van der Waals surface area (Å²) in [7, 11) is 0. The van der Waals surface area contributed by atoms with E-state index in [0.717, 1.165) is 12.3 Å². The number of halogens is 4. The molecular weight excluding hydrogens is 466 g/mol. The molecule has 4 aromatic rings. The van der Waals surface area contributed by atoms with Crippen LogP contribution in [0.1, 0.15) is 21.7 Å². The minimum atomic E-state index is -4.87. The van der Waals surface area contributed by atoms with E-state index in [1.807, 2.05) is 0 Å². The van der Waals surface area contributed by atoms with Gasteiger partial charge in [-0.05, 0) is 48.7 Å². The van der Waals surface area contributed by atoms with Gasteiger partial charge in [-0.15, -0.1) is 0 Å². The van der Waals surface area contributed by atoms with Gasteiger partial charge in [0, 0.05) is 18.0 Å². The molecule has 3 N–H and O–H groups in total. The summed E-state index contributed by atoms with van der Waals surface area (Å²) in [5.41, 5.74) is 3.83. The third kappa shape index (κ3) is 5.13. The molecule has 0 aliphatic carbocycles. The van der Waals surface area contributed by atoms with E-state index in [1.54, 1.807) is 30.3 Å². The van der Waals surface area contributed by atoms with Crippen molar-refractivity contribution in [3.8, 4) is 17.2 Å². The maximum atomic E-state index is 14.7. The molecule has 35 heavy (non-hydrogen) atoms. The lowest BCUT2D eigenvalue weighted by atomic mass is 10.2. The quantitative estimate of drug-likeness (QED) is 0.358. The molecule has 4 rings (SSSR count). The van der Waals surface area contributed by atoms with Crippen LogP contribution in [0.2, 0.25) is 0 Å². The van der Waals surface area contributed by atoms with Crippen LogP contribution in [-0.2, 0) is 6.18 Å². The van der Waals surface area contributed by atoms with E-state index in [1.165, 1.54) is 42.7 Å². The average Bonchev–Trinajstić information content (AvgIpc) is 3.29. The number of pyridine rings is 1. The average molecular weight is 483 g/mol. The molecule has 0 aliphatic rings. The highest BCUT2D eigenvalue weighted by atomic mass is 19.4. The number of amides is 1. The Morgan fingerprint density at radius 1 is 1.06 bits per heavy atom. The first-order valence-corrected chi connectivity index (χ1v) is 10.1. The predicted octanol–water partition coefficient (Wildman–Crippen LogP) is 5.40. The summed E-state index contributed by atoms with van der Waals surface area (Å²) < 4.78 is 62.2. The Morgan fingerprint density at radius 3 is 2.51 bits per heavy atom. The molecule has 1 amide bonds. The van der Waals surface area contributed by atoms with Crippen LogP contribution >= 0.6 is 0 Å². The van der Waals surface area contributed by atoms with Crippen LogP contribution in [0.4, 0.5) is 23.2 Å². The normalized spacial score (nSPS) is 11.5. The Bertz CT molecular complexity index is 1380. The van der Waals surface area contributed by atoms with Gasteiger partial charge in [0.1, 0.15) is 5.69 Å². The third-order valence-electron chi connectivity index (χ3n) is 4.75. The zero-order chi connectivity index (χ0) is 25.0. The van der Waals surface area contributed by atoms with Gasteiger partial charge < -0.3 is 15.8 Å². The lowest BCUT2D eigenvalue weighted by Gasteiger charge is -2.13. The van der Waals surface area contributed by atoms with Gasteiger partial charge in [0.25, 0.3) is 5.91 Å². The number of hydrogen-bond donors (Lipinski definition) is 2. The van der Waals surface area contributed by atoms with E-state index in [0.29, 0.717) is 10.4 Å². The maximum absolute atomic E-state index is 14.7. The Labute approximate surface area is 196 Å². The molecule has 0 atom stereocenters. The monoisotopic (exact) mass is 483 g/mol. The van der Waals surface area contributed by atoms with E-state index in [-0.39, 0.29) is 22.9 Å². The van der Waals surface area contributed by atoms with Gasteiger partial charge in [0.2, 0.25) is 0 Å². The number of hydrogen-bond acceptors (Lipinski definition) is 5. The summed E-state index contributed by atoms with van der Waals surface area (Å²) in [6.45, 7) is 0. The number of benzene rings is 2. The second-order valence-electron chi connectivity index (χ2n) is 7.10. The Balaban J connectivity index is 1.59. The van der Waals surface area contributed by atoms with Crippen LogP contribution in [0.25, 0.3) is 11.8 Å². The van der Waals surface area contributed by atoms with Crippen LogP contribution in [0, 0.1) is 5.82 Å². The molecule has 2 aromatic heterocycles. The zero-order valence-electron chi connectivity index (χ0n) is 17.8. The topological polar surface area (TPSA) is 95.1 Å². The first-order chi connectivity index (χ1) is 16.8. The number of nitrogens with zero attached hydrogens (tertiary/aromatic N) is 3. The zero-order valence-corrected chi connectivity index (χ0v) is 17.8. The first-order valence-electron chi connectivity index (χ1n) is 10.1. The van der Waals surface area contributed by atoms with Crippen molar-refractivity contribution in [2.24, 2.45) is 5.73 Å². The summed E-state index contributed by atoms with van der Waals surface area (Å²) in [6.07, 6.45) is 0.163. The summed E-state index contributed by atoms with van der Waals surface area (Å²) in [5, 5.41) is 6.01. The molecule has 0 saturated carbocycles. The SMILES string of the molecule is NC=Cc1ncccc1Oc1ccc(NC(=O)c2cnn(-c3ccccc3)c2C(F)(F)F)cc1F. The highest BCUT2D eigenvalue weighted by Crippen LogP contribution is 2.34. The van der Waals surface area contributed by atoms with E-state index >= 15 is 0 Å². The molecule has 0 spiro atoms. The molecule has 0 saturated heterocycles. The van der Waals surface area contributed by atoms with Gasteiger partial charge in [-0.1, -0.05) is 18.2 Å². The van der Waals surface area contributed by atoms with Gasteiger partial charge in [-0.2, -0.15) is 18.3 Å². The Hall–Kier alpha value is -4.67. The number of nitrogens with one attached hydrogen (secondary N) is 1. The summed E-state index contributed by atoms with van der Waals surface area (Å²) >= 11 is 0. The fourth-order valence-corrected chi connectivity index (χ4v) is 3.24. The smallest absolute Gasteiger partial charge is 0.434 e. The minimum Gasteiger partial charge on any atom is -0.452 e. The Kier molecular flexibility index (Phi) is 6.49. The molecule has 11 heteroatoms. The first kappa shape index (κ1) is 23.5. The van der Waals surface area contributed by atoms with Crippen LogP contribution < -0.4 is 15.8 Å². The van der Waals surface area contributed by atoms with Gasteiger partial charge >= 0.3 is 6.18 Å². The molecule has 0 bridgehead atoms. The molecule has 0 fully saturated rings. The predicted molar refractivity (Wildman–Crippen MR) is 120 cm³/mol. The van der Waals surface area contributed by atoms with Crippen molar-refractivity contribution in [1.82, 2.24) is 14.8 Å². The summed E-state index contributed by atoms with van der Waals surface area (Å²) in [6, 6.07) is 14.2. The number of rotatable bonds is 6. The standard InChI is InChI=1S/C24H17F4N5O2/c25-18-13-15(8-9-20(18)35-21-7-4-12-30-19(21)10-11-29)32-23(34)17-14-31-33(22(17)24(26,27)28)16-5-2-1-3-6-16/h1-14H,29H2,(H,32,34). The number of alkyl halides is 3. The second-order valence-corrected chi connectivity index (χ2v) is 7.10. The van der Waals surface area contributed by atoms with E-state index in [2.05, 4.69) is 15.4 Å². The molecule has 0 radical (unpaired) electrons. The van der Waals surface area contributed by atoms with Gasteiger partial charge in [0.05, 0.1) is 17.4 Å². The molecule has 2 aromatic carbocycles. The van der Waals surface area contributed by atoms with Crippen LogP contribution in [0.15, 0.2) is 79.3 Å². The third-order valence-corrected chi connectivity index (χ3v) is 4.75. The fraction of sp³-hybridized carbons (Fsp3) is 0.0417. The van der Waals surface area contributed by atoms with Crippen molar-refractivity contribution in [1.29, 1.82) is 0 Å². The van der Waals surface area contributed by atoms with Crippen LogP contribution in [-0.4, -0.2) is 20.7 Å². The number of carbonyl (C=O) groups is 1. The Morgan fingerprint density at radius 2 is 1.83 bits per heavy atom. The molecular formula is C24H17F4N5O2. The maximum Gasteiger partial charge on any atom is 0.434 e. The highest BCUT2D eigenvalue weighted by molar-refractivity contribution is 6.05. The van der Waals surface area contributed by atoms with Crippen molar-refractivity contribution in [2.75, 3.05) is 5.32 Å². The van der Waals surface area contributed by atoms with Crippen molar-refractivity contribution >= 4 is 17.7 Å².